The predicted octanol–water partition coefficient (Wildman–Crippen LogP) is -1.49. The Bertz CT molecular complexity index is 828. The van der Waals surface area contributed by atoms with Gasteiger partial charge >= 0.3 is 4.87 Å². The topological polar surface area (TPSA) is 147 Å². The zero-order valence-corrected chi connectivity index (χ0v) is 12.8. The first-order valence-electron chi connectivity index (χ1n) is 6.77. The van der Waals surface area contributed by atoms with Crippen molar-refractivity contribution in [1.82, 2.24) is 14.5 Å². The Morgan fingerprint density at radius 3 is 3.00 bits per heavy atom. The summed E-state index contributed by atoms with van der Waals surface area (Å²) in [6.07, 6.45) is -3.79. The minimum Gasteiger partial charge on any atom is -0.480 e. The standard InChI is InChI=1S/C12H15N3O7S/c1-21-3-5(17)6-2-4(16)10(22-6)15-8-7(23-12(15)20)9(18)14-11(19)13-8/h4-6,10,16-17H,2-3H2,1H3,(H2,13,14,18,19). The van der Waals surface area contributed by atoms with Crippen LogP contribution in [0.3, 0.4) is 0 Å². The summed E-state index contributed by atoms with van der Waals surface area (Å²) in [6, 6.07) is -0.641. The van der Waals surface area contributed by atoms with Crippen LogP contribution in [0.15, 0.2) is 9.59 Å². The lowest BCUT2D eigenvalue weighted by molar-refractivity contribution is -0.0896. The molecule has 1 saturated heterocycles. The van der Waals surface area contributed by atoms with Crippen LogP contribution in [0.25, 0.3) is 10.3 Å². The summed E-state index contributed by atoms with van der Waals surface area (Å²) in [4.78, 5) is 29.2. The zero-order valence-electron chi connectivity index (χ0n) is 12.0. The number of aliphatic hydroxyl groups is 2. The second-order valence-electron chi connectivity index (χ2n) is 5.17. The van der Waals surface area contributed by atoms with Gasteiger partial charge < -0.3 is 24.8 Å². The molecule has 1 aliphatic rings. The van der Waals surface area contributed by atoms with Crippen LogP contribution in [0.1, 0.15) is 12.6 Å². The number of aromatic nitrogens is 3. The molecule has 4 N–H and O–H groups in total. The molecular weight excluding hydrogens is 330 g/mol. The predicted molar refractivity (Wildman–Crippen MR) is 78.6 cm³/mol. The molecule has 3 rings (SSSR count). The van der Waals surface area contributed by atoms with E-state index >= 15 is 0 Å². The van der Waals surface area contributed by atoms with Crippen molar-refractivity contribution in [1.29, 1.82) is 0 Å². The first-order valence-corrected chi connectivity index (χ1v) is 7.59. The van der Waals surface area contributed by atoms with Gasteiger partial charge in [-0.05, 0) is 0 Å². The highest BCUT2D eigenvalue weighted by Gasteiger charge is 2.40. The number of nitrogens with zero attached hydrogens (tertiary/aromatic N) is 2. The Balaban J connectivity index is 2.02. The third-order valence-corrected chi connectivity index (χ3v) is 4.54. The van der Waals surface area contributed by atoms with E-state index in [-0.39, 0.29) is 23.4 Å². The Morgan fingerprint density at radius 1 is 1.57 bits per heavy atom. The maximum Gasteiger partial charge on any atom is 0.311 e. The van der Waals surface area contributed by atoms with Crippen molar-refractivity contribution in [3.8, 4) is 6.01 Å². The molecular formula is C12H15N3O7S. The molecule has 2 aromatic rings. The normalized spacial score (nSPS) is 26.0. The molecule has 11 heteroatoms. The molecule has 23 heavy (non-hydrogen) atoms. The fourth-order valence-electron chi connectivity index (χ4n) is 2.58. The third-order valence-electron chi connectivity index (χ3n) is 3.60. The highest BCUT2D eigenvalue weighted by molar-refractivity contribution is 7.16. The molecule has 2 aromatic heterocycles. The van der Waals surface area contributed by atoms with Gasteiger partial charge in [-0.3, -0.25) is 19.1 Å². The number of hydrogen-bond acceptors (Lipinski definition) is 9. The number of thiazole rings is 1. The number of methoxy groups -OCH3 is 1. The van der Waals surface area contributed by atoms with E-state index in [4.69, 9.17) is 9.47 Å². The molecule has 0 bridgehead atoms. The molecule has 4 atom stereocenters. The lowest BCUT2D eigenvalue weighted by Gasteiger charge is -2.19. The number of aliphatic hydroxyl groups excluding tert-OH is 2. The molecule has 3 heterocycles. The zero-order chi connectivity index (χ0) is 16.7. The number of aromatic hydroxyl groups is 1. The SMILES string of the molecule is COCC(O)C1CC(O)C(n2c(=O)sc3c(=O)[nH]c(O)nc32)O1. The third kappa shape index (κ3) is 2.77. The van der Waals surface area contributed by atoms with Gasteiger partial charge in [0.1, 0.15) is 16.9 Å². The molecule has 0 spiro atoms. The second-order valence-corrected chi connectivity index (χ2v) is 6.13. The average molecular weight is 345 g/mol. The van der Waals surface area contributed by atoms with Gasteiger partial charge in [-0.1, -0.05) is 11.3 Å². The molecule has 10 nitrogen and oxygen atoms in total. The van der Waals surface area contributed by atoms with Crippen LogP contribution in [0, 0.1) is 0 Å². The summed E-state index contributed by atoms with van der Waals surface area (Å²) >= 11 is 0.635. The Kier molecular flexibility index (Phi) is 4.21. The van der Waals surface area contributed by atoms with Gasteiger partial charge in [0, 0.05) is 13.5 Å². The van der Waals surface area contributed by atoms with Crippen molar-refractivity contribution in [3.05, 3.63) is 20.0 Å². The van der Waals surface area contributed by atoms with E-state index in [0.717, 1.165) is 4.57 Å². The van der Waals surface area contributed by atoms with Crippen LogP contribution >= 0.6 is 11.3 Å². The molecule has 0 radical (unpaired) electrons. The van der Waals surface area contributed by atoms with Crippen molar-refractivity contribution < 1.29 is 24.8 Å². The number of ether oxygens (including phenoxy) is 2. The molecule has 0 amide bonds. The van der Waals surface area contributed by atoms with Crippen LogP contribution in [-0.2, 0) is 9.47 Å². The first-order chi connectivity index (χ1) is 10.9. The quantitative estimate of drug-likeness (QED) is 0.524. The Morgan fingerprint density at radius 2 is 2.30 bits per heavy atom. The molecule has 126 valence electrons. The molecule has 0 saturated carbocycles. The van der Waals surface area contributed by atoms with Crippen LogP contribution in [0.5, 0.6) is 6.01 Å². The van der Waals surface area contributed by atoms with Crippen LogP contribution < -0.4 is 10.4 Å². The van der Waals surface area contributed by atoms with E-state index in [1.807, 2.05) is 0 Å². The van der Waals surface area contributed by atoms with Gasteiger partial charge in [0.25, 0.3) is 11.6 Å². The van der Waals surface area contributed by atoms with Gasteiger partial charge in [0.05, 0.1) is 12.7 Å². The van der Waals surface area contributed by atoms with Gasteiger partial charge in [0.15, 0.2) is 11.9 Å². The lowest BCUT2D eigenvalue weighted by atomic mass is 10.1. The van der Waals surface area contributed by atoms with E-state index < -0.39 is 41.0 Å². The van der Waals surface area contributed by atoms with Crippen molar-refractivity contribution in [2.24, 2.45) is 0 Å². The number of rotatable bonds is 4. The second kappa shape index (κ2) is 6.02. The summed E-state index contributed by atoms with van der Waals surface area (Å²) in [7, 11) is 1.42. The molecule has 0 aromatic carbocycles. The Labute approximate surface area is 132 Å². The fourth-order valence-corrected chi connectivity index (χ4v) is 3.42. The largest absolute Gasteiger partial charge is 0.480 e. The van der Waals surface area contributed by atoms with Crippen LogP contribution in [0.2, 0.25) is 0 Å². The fraction of sp³-hybridized carbons (Fsp3) is 0.583. The van der Waals surface area contributed by atoms with Crippen LogP contribution in [0.4, 0.5) is 0 Å². The van der Waals surface area contributed by atoms with E-state index in [2.05, 4.69) is 9.97 Å². The molecule has 4 unspecified atom stereocenters. The summed E-state index contributed by atoms with van der Waals surface area (Å²) in [5.74, 6) is 0. The van der Waals surface area contributed by atoms with Crippen LogP contribution in [-0.4, -0.2) is 61.9 Å². The van der Waals surface area contributed by atoms with E-state index in [1.54, 1.807) is 0 Å². The average Bonchev–Trinajstić information content (AvgIpc) is 2.99. The van der Waals surface area contributed by atoms with Crippen molar-refractivity contribution in [2.45, 2.75) is 31.0 Å². The van der Waals surface area contributed by atoms with Gasteiger partial charge in [-0.15, -0.1) is 0 Å². The number of nitrogens with one attached hydrogen (secondary N) is 1. The van der Waals surface area contributed by atoms with Gasteiger partial charge in [0.2, 0.25) is 0 Å². The van der Waals surface area contributed by atoms with E-state index in [9.17, 15) is 24.9 Å². The number of H-pyrrole nitrogens is 1. The summed E-state index contributed by atoms with van der Waals surface area (Å²) in [5, 5.41) is 29.5. The molecule has 1 fully saturated rings. The van der Waals surface area contributed by atoms with E-state index in [1.165, 1.54) is 7.11 Å². The smallest absolute Gasteiger partial charge is 0.311 e. The number of fused-ring (bicyclic) bond motifs is 1. The van der Waals surface area contributed by atoms with Crippen molar-refractivity contribution in [3.63, 3.8) is 0 Å². The molecule has 1 aliphatic heterocycles. The summed E-state index contributed by atoms with van der Waals surface area (Å²) in [5.41, 5.74) is -0.732. The van der Waals surface area contributed by atoms with Crippen molar-refractivity contribution >= 4 is 21.7 Å². The summed E-state index contributed by atoms with van der Waals surface area (Å²) < 4.78 is 11.4. The number of hydrogen-bond donors (Lipinski definition) is 4. The number of aromatic amines is 1. The van der Waals surface area contributed by atoms with Gasteiger partial charge in [-0.25, -0.2) is 0 Å². The minimum absolute atomic E-state index is 0.0160. The lowest BCUT2D eigenvalue weighted by Crippen LogP contribution is -2.31. The van der Waals surface area contributed by atoms with E-state index in [0.29, 0.717) is 11.3 Å². The highest BCUT2D eigenvalue weighted by Crippen LogP contribution is 2.32. The summed E-state index contributed by atoms with van der Waals surface area (Å²) in [6.45, 7) is 0.0160. The highest BCUT2D eigenvalue weighted by atomic mass is 32.1. The Hall–Kier alpha value is -1.79. The van der Waals surface area contributed by atoms with Crippen molar-refractivity contribution in [2.75, 3.05) is 13.7 Å². The molecule has 0 aliphatic carbocycles. The monoisotopic (exact) mass is 345 g/mol. The maximum absolute atomic E-state index is 12.2. The minimum atomic E-state index is -1.11. The first kappa shape index (κ1) is 16.1. The maximum atomic E-state index is 12.2. The van der Waals surface area contributed by atoms with Gasteiger partial charge in [-0.2, -0.15) is 4.98 Å².